The number of fused-ring (bicyclic) bond motifs is 1. The number of benzene rings is 1. The first-order valence-electron chi connectivity index (χ1n) is 10.3. The molecule has 1 aromatic carbocycles. The molecule has 0 amide bonds. The Morgan fingerprint density at radius 2 is 2.00 bits per heavy atom. The van der Waals surface area contributed by atoms with E-state index in [-0.39, 0.29) is 5.92 Å². The molecule has 2 aromatic heterocycles. The van der Waals surface area contributed by atoms with E-state index < -0.39 is 0 Å². The van der Waals surface area contributed by atoms with Gasteiger partial charge >= 0.3 is 0 Å². The largest absolute Gasteiger partial charge is 0.496 e. The average molecular weight is 391 g/mol. The zero-order chi connectivity index (χ0) is 19.6. The van der Waals surface area contributed by atoms with Crippen LogP contribution in [0.15, 0.2) is 35.1 Å². The Morgan fingerprint density at radius 1 is 1.14 bits per heavy atom. The van der Waals surface area contributed by atoms with Crippen LogP contribution in [-0.2, 0) is 19.4 Å². The number of rotatable bonds is 5. The van der Waals surface area contributed by atoms with Gasteiger partial charge in [-0.05, 0) is 55.8 Å². The second-order valence-electron chi connectivity index (χ2n) is 7.90. The van der Waals surface area contributed by atoms with Gasteiger partial charge in [-0.25, -0.2) is 4.98 Å². The number of hydrogen-bond donors (Lipinski definition) is 0. The van der Waals surface area contributed by atoms with Crippen LogP contribution in [0.25, 0.3) is 11.6 Å². The van der Waals surface area contributed by atoms with E-state index >= 15 is 0 Å². The van der Waals surface area contributed by atoms with Crippen LogP contribution in [0.3, 0.4) is 0 Å². The third kappa shape index (κ3) is 3.74. The molecule has 0 spiro atoms. The molecule has 7 nitrogen and oxygen atoms in total. The lowest BCUT2D eigenvalue weighted by Gasteiger charge is -2.22. The molecule has 0 bridgehead atoms. The Morgan fingerprint density at radius 3 is 2.79 bits per heavy atom. The molecule has 0 saturated carbocycles. The van der Waals surface area contributed by atoms with Crippen LogP contribution in [0, 0.1) is 0 Å². The van der Waals surface area contributed by atoms with Crippen molar-refractivity contribution in [3.8, 4) is 17.3 Å². The van der Waals surface area contributed by atoms with Crippen molar-refractivity contribution in [3.05, 3.63) is 53.3 Å². The Balaban J connectivity index is 1.29. The molecule has 3 heterocycles. The Labute approximate surface area is 170 Å². The van der Waals surface area contributed by atoms with Crippen LogP contribution in [0.4, 0.5) is 0 Å². The molecule has 2 aliphatic rings. The highest BCUT2D eigenvalue weighted by atomic mass is 16.5. The summed E-state index contributed by atoms with van der Waals surface area (Å²) >= 11 is 0. The molecule has 1 fully saturated rings. The SMILES string of the molecule is COc1cc2c(cc1CN1CC[C@@H](c3nnc(-c4cnccn4)o3)C1)CCCC2. The number of likely N-dealkylation sites (tertiary alicyclic amines) is 1. The van der Waals surface area contributed by atoms with Crippen molar-refractivity contribution in [2.45, 2.75) is 44.6 Å². The van der Waals surface area contributed by atoms with Crippen LogP contribution in [0.1, 0.15) is 47.8 Å². The van der Waals surface area contributed by atoms with Crippen LogP contribution >= 0.6 is 0 Å². The minimum absolute atomic E-state index is 0.247. The molecular formula is C22H25N5O2. The van der Waals surface area contributed by atoms with Gasteiger partial charge in [0.2, 0.25) is 5.89 Å². The maximum absolute atomic E-state index is 5.90. The summed E-state index contributed by atoms with van der Waals surface area (Å²) in [7, 11) is 1.77. The standard InChI is InChI=1S/C22H25N5O2/c1-28-20-11-16-5-3-2-4-15(16)10-18(20)14-27-9-6-17(13-27)21-25-26-22(29-21)19-12-23-7-8-24-19/h7-8,10-12,17H,2-6,9,13-14H2,1H3/t17-/m1/s1. The topological polar surface area (TPSA) is 77.2 Å². The number of aromatic nitrogens is 4. The summed E-state index contributed by atoms with van der Waals surface area (Å²) in [5.74, 6) is 2.38. The first-order chi connectivity index (χ1) is 14.3. The Hall–Kier alpha value is -2.80. The van der Waals surface area contributed by atoms with Crippen molar-refractivity contribution < 1.29 is 9.15 Å². The van der Waals surface area contributed by atoms with Gasteiger partial charge in [0.1, 0.15) is 11.4 Å². The highest BCUT2D eigenvalue weighted by Gasteiger charge is 2.29. The highest BCUT2D eigenvalue weighted by Crippen LogP contribution is 2.33. The predicted molar refractivity (Wildman–Crippen MR) is 108 cm³/mol. The molecule has 1 aliphatic carbocycles. The summed E-state index contributed by atoms with van der Waals surface area (Å²) in [5.41, 5.74) is 4.84. The normalized spacial score (nSPS) is 19.3. The van der Waals surface area contributed by atoms with Gasteiger partial charge in [-0.2, -0.15) is 0 Å². The lowest BCUT2D eigenvalue weighted by atomic mass is 9.90. The number of nitrogens with zero attached hydrogens (tertiary/aromatic N) is 5. The maximum Gasteiger partial charge on any atom is 0.267 e. The zero-order valence-corrected chi connectivity index (χ0v) is 16.7. The molecule has 0 unspecified atom stereocenters. The first kappa shape index (κ1) is 18.2. The van der Waals surface area contributed by atoms with Crippen molar-refractivity contribution in [2.75, 3.05) is 20.2 Å². The molecule has 7 heteroatoms. The van der Waals surface area contributed by atoms with E-state index in [4.69, 9.17) is 9.15 Å². The highest BCUT2D eigenvalue weighted by molar-refractivity contribution is 5.44. The van der Waals surface area contributed by atoms with E-state index in [1.165, 1.54) is 42.4 Å². The summed E-state index contributed by atoms with van der Waals surface area (Å²) in [6, 6.07) is 4.61. The summed E-state index contributed by atoms with van der Waals surface area (Å²) in [6.07, 6.45) is 10.8. The Bertz CT molecular complexity index is 988. The fourth-order valence-corrected chi connectivity index (χ4v) is 4.46. The van der Waals surface area contributed by atoms with Crippen molar-refractivity contribution in [1.82, 2.24) is 25.1 Å². The summed E-state index contributed by atoms with van der Waals surface area (Å²) < 4.78 is 11.6. The van der Waals surface area contributed by atoms with Crippen LogP contribution < -0.4 is 4.74 Å². The van der Waals surface area contributed by atoms with Gasteiger partial charge < -0.3 is 9.15 Å². The first-order valence-corrected chi connectivity index (χ1v) is 10.3. The van der Waals surface area contributed by atoms with E-state index in [1.807, 2.05) is 0 Å². The average Bonchev–Trinajstić information content (AvgIpc) is 3.43. The number of methoxy groups -OCH3 is 1. The third-order valence-corrected chi connectivity index (χ3v) is 5.98. The van der Waals surface area contributed by atoms with E-state index in [2.05, 4.69) is 37.2 Å². The number of hydrogen-bond acceptors (Lipinski definition) is 7. The van der Waals surface area contributed by atoms with Crippen LogP contribution in [0.2, 0.25) is 0 Å². The molecule has 150 valence electrons. The minimum Gasteiger partial charge on any atom is -0.496 e. The molecule has 0 radical (unpaired) electrons. The monoisotopic (exact) mass is 391 g/mol. The van der Waals surface area contributed by atoms with Crippen LogP contribution in [0.5, 0.6) is 5.75 Å². The second-order valence-corrected chi connectivity index (χ2v) is 7.90. The van der Waals surface area contributed by atoms with Gasteiger partial charge in [-0.15, -0.1) is 10.2 Å². The second kappa shape index (κ2) is 7.91. The van der Waals surface area contributed by atoms with Crippen molar-refractivity contribution in [2.24, 2.45) is 0 Å². The molecule has 3 aromatic rings. The summed E-state index contributed by atoms with van der Waals surface area (Å²) in [6.45, 7) is 2.80. The molecular weight excluding hydrogens is 366 g/mol. The van der Waals surface area contributed by atoms with Gasteiger partial charge in [0.15, 0.2) is 0 Å². The molecule has 1 saturated heterocycles. The molecule has 0 N–H and O–H groups in total. The van der Waals surface area contributed by atoms with Crippen molar-refractivity contribution in [3.63, 3.8) is 0 Å². The quantitative estimate of drug-likeness (QED) is 0.660. The van der Waals surface area contributed by atoms with Crippen molar-refractivity contribution in [1.29, 1.82) is 0 Å². The zero-order valence-electron chi connectivity index (χ0n) is 16.7. The number of ether oxygens (including phenoxy) is 1. The summed E-state index contributed by atoms with van der Waals surface area (Å²) in [5, 5.41) is 8.43. The molecule has 5 rings (SSSR count). The van der Waals surface area contributed by atoms with E-state index in [1.54, 1.807) is 25.7 Å². The lowest BCUT2D eigenvalue weighted by molar-refractivity contribution is 0.311. The maximum atomic E-state index is 5.90. The molecule has 1 atom stereocenters. The Kier molecular flexibility index (Phi) is 4.97. The van der Waals surface area contributed by atoms with Gasteiger partial charge in [0.05, 0.1) is 19.2 Å². The predicted octanol–water partition coefficient (Wildman–Crippen LogP) is 3.40. The smallest absolute Gasteiger partial charge is 0.267 e. The summed E-state index contributed by atoms with van der Waals surface area (Å²) in [4.78, 5) is 10.7. The lowest BCUT2D eigenvalue weighted by Crippen LogP contribution is -2.20. The van der Waals surface area contributed by atoms with E-state index in [0.717, 1.165) is 31.8 Å². The van der Waals surface area contributed by atoms with E-state index in [9.17, 15) is 0 Å². The molecule has 1 aliphatic heterocycles. The van der Waals surface area contributed by atoms with Gasteiger partial charge in [-0.3, -0.25) is 9.88 Å². The minimum atomic E-state index is 0.247. The van der Waals surface area contributed by atoms with Crippen LogP contribution in [-0.4, -0.2) is 45.3 Å². The molecule has 29 heavy (non-hydrogen) atoms. The van der Waals surface area contributed by atoms with Gasteiger partial charge in [0.25, 0.3) is 5.89 Å². The fraction of sp³-hybridized carbons (Fsp3) is 0.455. The third-order valence-electron chi connectivity index (χ3n) is 5.98. The fourth-order valence-electron chi connectivity index (χ4n) is 4.46. The van der Waals surface area contributed by atoms with E-state index in [0.29, 0.717) is 17.5 Å². The van der Waals surface area contributed by atoms with Gasteiger partial charge in [0, 0.05) is 31.0 Å². The van der Waals surface area contributed by atoms with Gasteiger partial charge in [-0.1, -0.05) is 6.07 Å². The number of aryl methyl sites for hydroxylation is 2. The van der Waals surface area contributed by atoms with Crippen molar-refractivity contribution >= 4 is 0 Å².